The molecule has 2 heterocycles. The highest BCUT2D eigenvalue weighted by Crippen LogP contribution is 2.60. The quantitative estimate of drug-likeness (QED) is 0.255. The number of nitrogens with one attached hydrogen (secondary N) is 1. The molecule has 4 rings (SSSR count). The molecule has 4 N–H and O–H groups in total. The van der Waals surface area contributed by atoms with E-state index in [1.807, 2.05) is 4.90 Å². The number of rotatable bonds is 8. The van der Waals surface area contributed by atoms with Gasteiger partial charge in [-0.15, -0.1) is 0 Å². The van der Waals surface area contributed by atoms with Crippen LogP contribution in [0.2, 0.25) is 5.82 Å². The number of benzene rings is 1. The Morgan fingerprint density at radius 2 is 2.14 bits per heavy atom. The predicted molar refractivity (Wildman–Crippen MR) is 95.1 cm³/mol. The molecule has 2 unspecified atom stereocenters. The maximum atomic E-state index is 11.8. The van der Waals surface area contributed by atoms with Gasteiger partial charge in [-0.2, -0.15) is 0 Å². The van der Waals surface area contributed by atoms with Crippen molar-refractivity contribution in [3.63, 3.8) is 0 Å². The molecule has 2 aliphatic heterocycles. The summed E-state index contributed by atoms with van der Waals surface area (Å²) in [6, 6.07) is 3.44. The average molecular weight is 392 g/mol. The van der Waals surface area contributed by atoms with Gasteiger partial charge in [-0.1, -0.05) is 6.07 Å². The van der Waals surface area contributed by atoms with Crippen LogP contribution < -0.4 is 14.9 Å². The van der Waals surface area contributed by atoms with Crippen LogP contribution in [0.5, 0.6) is 11.5 Å². The zero-order valence-electron chi connectivity index (χ0n) is 15.0. The van der Waals surface area contributed by atoms with Gasteiger partial charge in [0.1, 0.15) is 23.2 Å². The van der Waals surface area contributed by atoms with E-state index in [2.05, 4.69) is 5.48 Å². The van der Waals surface area contributed by atoms with E-state index < -0.39 is 13.1 Å². The van der Waals surface area contributed by atoms with Gasteiger partial charge in [0.2, 0.25) is 0 Å². The van der Waals surface area contributed by atoms with Gasteiger partial charge in [0.05, 0.1) is 19.8 Å². The van der Waals surface area contributed by atoms with Gasteiger partial charge in [-0.05, 0) is 24.0 Å². The van der Waals surface area contributed by atoms with Crippen LogP contribution in [-0.2, 0) is 9.63 Å². The Balaban J connectivity index is 1.37. The van der Waals surface area contributed by atoms with E-state index in [0.717, 1.165) is 12.0 Å². The first kappa shape index (κ1) is 19.0. The minimum atomic E-state index is -1.17. The number of carbonyl (C=O) groups is 2. The largest absolute Gasteiger partial charge is 0.535 e. The Morgan fingerprint density at radius 3 is 2.86 bits per heavy atom. The van der Waals surface area contributed by atoms with E-state index in [-0.39, 0.29) is 60.6 Å². The summed E-state index contributed by atoms with van der Waals surface area (Å²) in [6.07, 6.45) is 0.527. The van der Waals surface area contributed by atoms with Crippen molar-refractivity contribution < 1.29 is 39.1 Å². The average Bonchev–Trinajstić information content (AvgIpc) is 3.41. The second kappa shape index (κ2) is 7.59. The van der Waals surface area contributed by atoms with Crippen molar-refractivity contribution in [3.05, 3.63) is 23.3 Å². The number of hydroxylamine groups is 1. The molecule has 1 aromatic rings. The number of fused-ring (bicyclic) bond motifs is 3. The summed E-state index contributed by atoms with van der Waals surface area (Å²) in [5.74, 6) is -0.959. The van der Waals surface area contributed by atoms with Crippen LogP contribution >= 0.6 is 0 Å². The normalized spacial score (nSPS) is 23.1. The van der Waals surface area contributed by atoms with Crippen molar-refractivity contribution in [1.29, 1.82) is 0 Å². The predicted octanol–water partition coefficient (Wildman–Crippen LogP) is -0.782. The van der Waals surface area contributed by atoms with Gasteiger partial charge in [0.15, 0.2) is 0 Å². The van der Waals surface area contributed by atoms with Crippen molar-refractivity contribution >= 4 is 19.0 Å². The standard InChI is InChI=1S/C17H21BN2O8/c21-3-4-26-19-14(22)8-20-6-9(7-20)27-13-2-1-10-11-5-12(11)18(25)28-16(10)15(13)17(23)24/h1-2,9,11-12,21,25H,3-8H2,(H,19,22)(H,23,24). The summed E-state index contributed by atoms with van der Waals surface area (Å²) in [5.41, 5.74) is 2.95. The van der Waals surface area contributed by atoms with Crippen LogP contribution in [0.3, 0.4) is 0 Å². The summed E-state index contributed by atoms with van der Waals surface area (Å²) < 4.78 is 11.3. The first-order chi connectivity index (χ1) is 13.5. The third-order valence-corrected chi connectivity index (χ3v) is 5.17. The SMILES string of the molecule is O=C(CN1CC(Oc2ccc3c(c2C(=O)O)OB(O)C2CC32)C1)NOCCO. The van der Waals surface area contributed by atoms with Crippen LogP contribution in [0.25, 0.3) is 0 Å². The summed E-state index contributed by atoms with van der Waals surface area (Å²) in [4.78, 5) is 30.0. The van der Waals surface area contributed by atoms with Crippen LogP contribution in [0.4, 0.5) is 0 Å². The van der Waals surface area contributed by atoms with E-state index in [0.29, 0.717) is 13.1 Å². The minimum absolute atomic E-state index is 0.0200. The lowest BCUT2D eigenvalue weighted by Gasteiger charge is -2.38. The molecule has 1 saturated carbocycles. The van der Waals surface area contributed by atoms with E-state index in [1.54, 1.807) is 12.1 Å². The van der Waals surface area contributed by atoms with E-state index in [4.69, 9.17) is 19.3 Å². The number of carbonyl (C=O) groups excluding carboxylic acids is 1. The Hall–Kier alpha value is -2.34. The van der Waals surface area contributed by atoms with Gasteiger partial charge in [-0.25, -0.2) is 10.3 Å². The Kier molecular flexibility index (Phi) is 5.15. The highest BCUT2D eigenvalue weighted by atomic mass is 16.7. The number of likely N-dealkylation sites (tertiary alicyclic amines) is 1. The van der Waals surface area contributed by atoms with Gasteiger partial charge >= 0.3 is 13.1 Å². The number of hydrogen-bond acceptors (Lipinski definition) is 8. The number of aliphatic hydroxyl groups excluding tert-OH is 1. The number of carboxylic acids is 1. The van der Waals surface area contributed by atoms with Crippen LogP contribution in [0.15, 0.2) is 12.1 Å². The molecule has 0 radical (unpaired) electrons. The summed E-state index contributed by atoms with van der Waals surface area (Å²) >= 11 is 0. The molecule has 1 saturated heterocycles. The molecule has 0 aromatic heterocycles. The minimum Gasteiger partial charge on any atom is -0.535 e. The molecule has 11 heteroatoms. The van der Waals surface area contributed by atoms with Gasteiger partial charge in [0.25, 0.3) is 5.91 Å². The van der Waals surface area contributed by atoms with Crippen molar-refractivity contribution in [2.75, 3.05) is 32.8 Å². The third-order valence-electron chi connectivity index (χ3n) is 5.17. The molecule has 150 valence electrons. The molecule has 1 amide bonds. The molecule has 1 aromatic carbocycles. The van der Waals surface area contributed by atoms with Crippen LogP contribution in [0.1, 0.15) is 28.3 Å². The third kappa shape index (κ3) is 3.66. The van der Waals surface area contributed by atoms with Crippen LogP contribution in [-0.4, -0.2) is 78.1 Å². The summed E-state index contributed by atoms with van der Waals surface area (Å²) in [5, 5.41) is 28.2. The smallest absolute Gasteiger partial charge is 0.526 e. The zero-order valence-corrected chi connectivity index (χ0v) is 15.0. The Labute approximate surface area is 161 Å². The van der Waals surface area contributed by atoms with E-state index in [9.17, 15) is 19.7 Å². The molecule has 1 aliphatic carbocycles. The number of carboxylic acid groups (broad SMARTS) is 1. The molecular weight excluding hydrogens is 371 g/mol. The van der Waals surface area contributed by atoms with Crippen molar-refractivity contribution in [2.24, 2.45) is 0 Å². The highest BCUT2D eigenvalue weighted by Gasteiger charge is 2.54. The lowest BCUT2D eigenvalue weighted by molar-refractivity contribution is -0.137. The van der Waals surface area contributed by atoms with Crippen molar-refractivity contribution in [1.82, 2.24) is 10.4 Å². The molecule has 10 nitrogen and oxygen atoms in total. The maximum Gasteiger partial charge on any atom is 0.526 e. The first-order valence-electron chi connectivity index (χ1n) is 9.13. The number of aromatic carboxylic acids is 1. The molecule has 2 fully saturated rings. The maximum absolute atomic E-state index is 11.8. The van der Waals surface area contributed by atoms with Gasteiger partial charge < -0.3 is 24.6 Å². The van der Waals surface area contributed by atoms with Crippen LogP contribution in [0, 0.1) is 0 Å². The monoisotopic (exact) mass is 392 g/mol. The first-order valence-corrected chi connectivity index (χ1v) is 9.13. The number of hydrogen-bond donors (Lipinski definition) is 4. The summed E-state index contributed by atoms with van der Waals surface area (Å²) in [6.45, 7) is 0.857. The second-order valence-electron chi connectivity index (χ2n) is 7.21. The fraction of sp³-hybridized carbons (Fsp3) is 0.529. The van der Waals surface area contributed by atoms with Crippen molar-refractivity contribution in [3.8, 4) is 11.5 Å². The molecule has 0 bridgehead atoms. The zero-order chi connectivity index (χ0) is 19.8. The lowest BCUT2D eigenvalue weighted by Crippen LogP contribution is -2.56. The summed E-state index contributed by atoms with van der Waals surface area (Å²) in [7, 11) is -0.989. The fourth-order valence-corrected chi connectivity index (χ4v) is 3.71. The number of nitrogens with zero attached hydrogens (tertiary/aromatic N) is 1. The molecule has 0 spiro atoms. The fourth-order valence-electron chi connectivity index (χ4n) is 3.71. The van der Waals surface area contributed by atoms with Gasteiger partial charge in [0, 0.05) is 18.9 Å². The van der Waals surface area contributed by atoms with E-state index in [1.165, 1.54) is 0 Å². The van der Waals surface area contributed by atoms with Gasteiger partial charge in [-0.3, -0.25) is 14.5 Å². The Morgan fingerprint density at radius 1 is 1.36 bits per heavy atom. The number of aliphatic hydroxyl groups is 1. The van der Waals surface area contributed by atoms with Crippen molar-refractivity contribution in [2.45, 2.75) is 24.3 Å². The highest BCUT2D eigenvalue weighted by molar-refractivity contribution is 6.48. The number of ether oxygens (including phenoxy) is 1. The molecule has 28 heavy (non-hydrogen) atoms. The Bertz CT molecular complexity index is 785. The second-order valence-corrected chi connectivity index (χ2v) is 7.21. The molecule has 2 atom stereocenters. The topological polar surface area (TPSA) is 138 Å². The lowest BCUT2D eigenvalue weighted by atomic mass is 9.77. The molecule has 3 aliphatic rings. The van der Waals surface area contributed by atoms with E-state index >= 15 is 0 Å². The number of amides is 1. The molecular formula is C17H21BN2O8.